The van der Waals surface area contributed by atoms with Crippen LogP contribution in [0.4, 0.5) is 37.8 Å². The van der Waals surface area contributed by atoms with Crippen LogP contribution in [0.3, 0.4) is 0 Å². The van der Waals surface area contributed by atoms with E-state index < -0.39 is 38.0 Å². The molecule has 0 bridgehead atoms. The third-order valence-electron chi connectivity index (χ3n) is 6.91. The van der Waals surface area contributed by atoms with Crippen LogP contribution in [0, 0.1) is 5.92 Å². The molecular formula is C22H24F6N7O3Si. The minimum atomic E-state index is -4.83. The number of amides is 1. The number of rotatable bonds is 5. The van der Waals surface area contributed by atoms with Crippen molar-refractivity contribution in [1.29, 1.82) is 0 Å². The predicted molar refractivity (Wildman–Crippen MR) is 127 cm³/mol. The highest BCUT2D eigenvalue weighted by Gasteiger charge is 2.42. The fourth-order valence-corrected chi connectivity index (χ4v) is 6.73. The van der Waals surface area contributed by atoms with Crippen molar-refractivity contribution in [2.24, 2.45) is 5.92 Å². The van der Waals surface area contributed by atoms with Gasteiger partial charge >= 0.3 is 12.4 Å². The summed E-state index contributed by atoms with van der Waals surface area (Å²) in [6.45, 7) is 3.93. The molecule has 1 atom stereocenters. The third-order valence-corrected chi connectivity index (χ3v) is 8.53. The van der Waals surface area contributed by atoms with E-state index in [0.717, 1.165) is 18.5 Å². The van der Waals surface area contributed by atoms with Crippen LogP contribution in [-0.2, 0) is 17.1 Å². The summed E-state index contributed by atoms with van der Waals surface area (Å²) in [6, 6.07) is 0.698. The first-order chi connectivity index (χ1) is 18.3. The Kier molecular flexibility index (Phi) is 6.98. The number of nitrogens with zero attached hydrogens (tertiary/aromatic N) is 5. The lowest BCUT2D eigenvalue weighted by molar-refractivity contribution is -0.142. The number of hydrogen-bond donors (Lipinski definition) is 2. The van der Waals surface area contributed by atoms with Crippen molar-refractivity contribution in [2.45, 2.75) is 24.9 Å². The summed E-state index contributed by atoms with van der Waals surface area (Å²) in [7, 11) is -1.57. The molecule has 39 heavy (non-hydrogen) atoms. The number of aromatic amines is 1. The summed E-state index contributed by atoms with van der Waals surface area (Å²) in [4.78, 5) is 37.1. The first-order valence-corrected chi connectivity index (χ1v) is 14.2. The van der Waals surface area contributed by atoms with Gasteiger partial charge in [-0.15, -0.1) is 0 Å². The van der Waals surface area contributed by atoms with Gasteiger partial charge in [0, 0.05) is 45.1 Å². The number of alkyl halides is 6. The van der Waals surface area contributed by atoms with Crippen molar-refractivity contribution in [3.05, 3.63) is 39.9 Å². The van der Waals surface area contributed by atoms with Crippen molar-refractivity contribution >= 4 is 26.4 Å². The van der Waals surface area contributed by atoms with E-state index in [2.05, 4.69) is 15.1 Å². The zero-order chi connectivity index (χ0) is 28.1. The predicted octanol–water partition coefficient (Wildman–Crippen LogP) is 1.82. The lowest BCUT2D eigenvalue weighted by atomic mass is 9.98. The largest absolute Gasteiger partial charge is 0.487 e. The summed E-state index contributed by atoms with van der Waals surface area (Å²) in [5.74, 6) is 0.0887. The van der Waals surface area contributed by atoms with E-state index in [-0.39, 0.29) is 35.9 Å². The van der Waals surface area contributed by atoms with E-state index >= 15 is 0 Å². The van der Waals surface area contributed by atoms with Crippen molar-refractivity contribution in [3.8, 4) is 5.75 Å². The molecular weight excluding hydrogens is 552 g/mol. The molecule has 10 nitrogen and oxygen atoms in total. The summed E-state index contributed by atoms with van der Waals surface area (Å²) in [6.07, 6.45) is -7.18. The topological polar surface area (TPSA) is 107 Å². The van der Waals surface area contributed by atoms with E-state index in [1.54, 1.807) is 16.5 Å². The van der Waals surface area contributed by atoms with Crippen LogP contribution in [0.2, 0.25) is 6.55 Å². The monoisotopic (exact) mass is 576 g/mol. The van der Waals surface area contributed by atoms with Crippen LogP contribution in [0.15, 0.2) is 23.3 Å². The average molecular weight is 577 g/mol. The Morgan fingerprint density at radius 3 is 2.59 bits per heavy atom. The first-order valence-electron chi connectivity index (χ1n) is 12.0. The molecule has 211 valence electrons. The highest BCUT2D eigenvalue weighted by atomic mass is 28.3. The quantitative estimate of drug-likeness (QED) is 0.410. The number of pyridine rings is 1. The molecule has 17 heteroatoms. The lowest BCUT2D eigenvalue weighted by Gasteiger charge is -2.47. The van der Waals surface area contributed by atoms with Gasteiger partial charge in [0.15, 0.2) is 20.5 Å². The molecule has 3 aliphatic heterocycles. The SMILES string of the molecule is C[Si](CN1CC(C(=O)N2CCN3c4ncc(C(F)(F)F)cc4OC[C@@H]3C2)C1)Nc1cn[nH]c(=O)c1C(F)(F)F. The number of H-pyrrole nitrogens is 1. The first kappa shape index (κ1) is 27.2. The van der Waals surface area contributed by atoms with Crippen LogP contribution in [0.25, 0.3) is 0 Å². The second kappa shape index (κ2) is 10.00. The molecule has 0 aromatic carbocycles. The summed E-state index contributed by atoms with van der Waals surface area (Å²) in [5, 5.41) is 5.26. The van der Waals surface area contributed by atoms with Crippen molar-refractivity contribution in [1.82, 2.24) is 25.0 Å². The number of fused-ring (bicyclic) bond motifs is 3. The standard InChI is InChI=1S/C22H24F6N7O3Si/c1-39(32-15-6-30-31-19(36)17(15)22(26,27)28)11-33-7-12(8-33)20(37)34-2-3-35-14(9-34)10-38-16-4-13(21(23,24)25)5-29-18(16)35/h4-6,12,14H,2-3,7-11H2,1H3,(H2,31,32,36)/t14-/m0/s1. The highest BCUT2D eigenvalue weighted by molar-refractivity contribution is 6.61. The Bertz CT molecular complexity index is 1300. The van der Waals surface area contributed by atoms with Crippen molar-refractivity contribution < 1.29 is 35.9 Å². The molecule has 2 fully saturated rings. The molecule has 0 saturated carbocycles. The zero-order valence-corrected chi connectivity index (χ0v) is 21.6. The van der Waals surface area contributed by atoms with E-state index in [4.69, 9.17) is 4.74 Å². The van der Waals surface area contributed by atoms with E-state index in [1.807, 2.05) is 9.80 Å². The van der Waals surface area contributed by atoms with Crippen LogP contribution in [-0.4, -0.2) is 91.4 Å². The van der Waals surface area contributed by atoms with Crippen LogP contribution in [0.5, 0.6) is 5.75 Å². The maximum atomic E-state index is 13.3. The summed E-state index contributed by atoms with van der Waals surface area (Å²) >= 11 is 0. The second-order valence-electron chi connectivity index (χ2n) is 9.77. The molecule has 5 rings (SSSR count). The van der Waals surface area contributed by atoms with E-state index in [0.29, 0.717) is 44.7 Å². The van der Waals surface area contributed by atoms with E-state index in [9.17, 15) is 35.9 Å². The van der Waals surface area contributed by atoms with Gasteiger partial charge in [0.1, 0.15) is 12.2 Å². The second-order valence-corrected chi connectivity index (χ2v) is 11.9. The van der Waals surface area contributed by atoms with Crippen molar-refractivity contribution in [3.63, 3.8) is 0 Å². The Hall–Kier alpha value is -3.34. The molecule has 0 aliphatic carbocycles. The van der Waals surface area contributed by atoms with Gasteiger partial charge in [-0.05, 0) is 6.07 Å². The highest BCUT2D eigenvalue weighted by Crippen LogP contribution is 2.38. The molecule has 5 heterocycles. The summed E-state index contributed by atoms with van der Waals surface area (Å²) in [5.41, 5.74) is -3.88. The Labute approximate surface area is 219 Å². The molecule has 2 N–H and O–H groups in total. The molecule has 3 aliphatic rings. The Balaban J connectivity index is 1.13. The van der Waals surface area contributed by atoms with Gasteiger partial charge in [0.05, 0.1) is 29.4 Å². The number of anilines is 2. The smallest absolute Gasteiger partial charge is 0.423 e. The maximum Gasteiger partial charge on any atom is 0.423 e. The number of nitrogens with one attached hydrogen (secondary N) is 2. The maximum absolute atomic E-state index is 13.3. The van der Waals surface area contributed by atoms with Gasteiger partial charge in [-0.25, -0.2) is 10.1 Å². The molecule has 1 amide bonds. The van der Waals surface area contributed by atoms with Crippen molar-refractivity contribution in [2.75, 3.05) is 55.4 Å². The number of hydrogen-bond acceptors (Lipinski definition) is 8. The minimum absolute atomic E-state index is 0.0481. The molecule has 2 aromatic heterocycles. The van der Waals surface area contributed by atoms with Gasteiger partial charge in [0.25, 0.3) is 5.56 Å². The molecule has 2 aromatic rings. The fourth-order valence-electron chi connectivity index (χ4n) is 5.07. The molecule has 2 saturated heterocycles. The number of halogens is 6. The van der Waals surface area contributed by atoms with Gasteiger partial charge in [0.2, 0.25) is 5.91 Å². The van der Waals surface area contributed by atoms with Crippen LogP contribution < -0.4 is 20.2 Å². The number of carbonyl (C=O) groups is 1. The fraction of sp³-hybridized carbons (Fsp3) is 0.545. The Morgan fingerprint density at radius 2 is 1.90 bits per heavy atom. The number of likely N-dealkylation sites (tertiary alicyclic amines) is 1. The van der Waals surface area contributed by atoms with Gasteiger partial charge in [-0.1, -0.05) is 6.55 Å². The third kappa shape index (κ3) is 5.54. The zero-order valence-electron chi connectivity index (χ0n) is 20.6. The molecule has 1 radical (unpaired) electrons. The van der Waals surface area contributed by atoms with Crippen LogP contribution in [0.1, 0.15) is 11.1 Å². The number of carbonyl (C=O) groups excluding carboxylic acids is 1. The molecule has 0 spiro atoms. The number of ether oxygens (including phenoxy) is 1. The van der Waals surface area contributed by atoms with Gasteiger partial charge < -0.3 is 24.4 Å². The molecule has 0 unspecified atom stereocenters. The average Bonchev–Trinajstić information content (AvgIpc) is 2.83. The number of aromatic nitrogens is 3. The van der Waals surface area contributed by atoms with E-state index in [1.165, 1.54) is 0 Å². The number of piperazine rings is 1. The van der Waals surface area contributed by atoms with Gasteiger partial charge in [-0.2, -0.15) is 31.4 Å². The Morgan fingerprint density at radius 1 is 1.15 bits per heavy atom. The van der Waals surface area contributed by atoms with Crippen LogP contribution >= 0.6 is 0 Å². The minimum Gasteiger partial charge on any atom is -0.487 e. The van der Waals surface area contributed by atoms with Gasteiger partial charge in [-0.3, -0.25) is 9.59 Å². The normalized spacial score (nSPS) is 20.3. The summed E-state index contributed by atoms with van der Waals surface area (Å²) < 4.78 is 84.4. The lowest BCUT2D eigenvalue weighted by Crippen LogP contribution is -2.63.